The molecular formula is C27H37N7O8. The van der Waals surface area contributed by atoms with Crippen molar-refractivity contribution in [3.8, 4) is 11.4 Å². The first-order chi connectivity index (χ1) is 20.3. The summed E-state index contributed by atoms with van der Waals surface area (Å²) in [6.45, 7) is 1.54. The van der Waals surface area contributed by atoms with Crippen molar-refractivity contribution < 1.29 is 39.2 Å². The van der Waals surface area contributed by atoms with Gasteiger partial charge in [0.1, 0.15) is 30.1 Å². The molecular weight excluding hydrogens is 550 g/mol. The van der Waals surface area contributed by atoms with Crippen molar-refractivity contribution in [1.29, 1.82) is 0 Å². The number of carbonyl (C=O) groups excluding carboxylic acids is 3. The second kappa shape index (κ2) is 13.6. The highest BCUT2D eigenvalue weighted by molar-refractivity contribution is 5.90. The second-order valence-electron chi connectivity index (χ2n) is 10.8. The molecule has 1 aromatic heterocycles. The van der Waals surface area contributed by atoms with Crippen LogP contribution in [-0.2, 0) is 30.3 Å². The van der Waals surface area contributed by atoms with Gasteiger partial charge in [-0.2, -0.15) is 0 Å². The lowest BCUT2D eigenvalue weighted by Gasteiger charge is -2.28. The number of carbonyl (C=O) groups is 3. The Morgan fingerprint density at radius 3 is 2.55 bits per heavy atom. The zero-order valence-corrected chi connectivity index (χ0v) is 23.1. The molecule has 1 aromatic carbocycles. The van der Waals surface area contributed by atoms with Crippen LogP contribution in [0.3, 0.4) is 0 Å². The number of nitrogens with one attached hydrogen (secondary N) is 3. The lowest BCUT2D eigenvalue weighted by Crippen LogP contribution is -2.53. The van der Waals surface area contributed by atoms with E-state index in [0.717, 1.165) is 12.8 Å². The summed E-state index contributed by atoms with van der Waals surface area (Å²) < 4.78 is 12.6. The van der Waals surface area contributed by atoms with E-state index in [1.807, 2.05) is 0 Å². The van der Waals surface area contributed by atoms with Crippen LogP contribution in [0.4, 0.5) is 0 Å². The fourth-order valence-corrected chi connectivity index (χ4v) is 5.34. The normalized spacial score (nSPS) is 28.0. The van der Waals surface area contributed by atoms with E-state index in [4.69, 9.17) is 9.47 Å². The number of benzene rings is 1. The Bertz CT molecular complexity index is 1240. The molecule has 0 radical (unpaired) electrons. The number of fused-ring (bicyclic) bond motifs is 2. The summed E-state index contributed by atoms with van der Waals surface area (Å²) in [6.07, 6.45) is -1.45. The molecule has 3 aliphatic heterocycles. The van der Waals surface area contributed by atoms with E-state index in [1.165, 1.54) is 21.7 Å². The van der Waals surface area contributed by atoms with Gasteiger partial charge >= 0.3 is 0 Å². The Balaban J connectivity index is 1.30. The van der Waals surface area contributed by atoms with Crippen LogP contribution in [0.1, 0.15) is 25.0 Å². The number of hydrogen-bond acceptors (Lipinski definition) is 11. The smallest absolute Gasteiger partial charge is 0.243 e. The minimum absolute atomic E-state index is 0.00572. The molecule has 2 bridgehead atoms. The number of phenolic OH excluding ortho intramolecular Hbond substituents is 1. The molecule has 15 nitrogen and oxygen atoms in total. The molecule has 5 rings (SSSR count). The third-order valence-electron chi connectivity index (χ3n) is 7.76. The van der Waals surface area contributed by atoms with Crippen LogP contribution in [0.2, 0.25) is 0 Å². The number of phenols is 1. The van der Waals surface area contributed by atoms with Gasteiger partial charge in [-0.3, -0.25) is 14.4 Å². The van der Waals surface area contributed by atoms with Crippen LogP contribution >= 0.6 is 0 Å². The number of aliphatic hydroxyl groups is 2. The van der Waals surface area contributed by atoms with E-state index in [-0.39, 0.29) is 44.3 Å². The van der Waals surface area contributed by atoms with Crippen LogP contribution in [0, 0.1) is 0 Å². The lowest BCUT2D eigenvalue weighted by molar-refractivity contribution is -0.139. The predicted octanol–water partition coefficient (Wildman–Crippen LogP) is -2.39. The molecule has 228 valence electrons. The Labute approximate surface area is 242 Å². The van der Waals surface area contributed by atoms with Crippen LogP contribution in [0.5, 0.6) is 5.75 Å². The topological polar surface area (TPSA) is 200 Å². The van der Waals surface area contributed by atoms with Gasteiger partial charge in [0, 0.05) is 45.3 Å². The largest absolute Gasteiger partial charge is 0.508 e. The number of amides is 3. The Morgan fingerprint density at radius 2 is 1.79 bits per heavy atom. The highest BCUT2D eigenvalue weighted by Crippen LogP contribution is 2.24. The fourth-order valence-electron chi connectivity index (χ4n) is 5.34. The molecule has 6 N–H and O–H groups in total. The number of aromatic nitrogens is 3. The van der Waals surface area contributed by atoms with Crippen molar-refractivity contribution in [1.82, 2.24) is 35.8 Å². The van der Waals surface area contributed by atoms with E-state index in [0.29, 0.717) is 31.1 Å². The van der Waals surface area contributed by atoms with Crippen molar-refractivity contribution in [3.63, 3.8) is 0 Å². The van der Waals surface area contributed by atoms with E-state index in [2.05, 4.69) is 26.3 Å². The maximum Gasteiger partial charge on any atom is 0.243 e. The summed E-state index contributed by atoms with van der Waals surface area (Å²) in [5.41, 5.74) is 1.05. The van der Waals surface area contributed by atoms with Crippen LogP contribution in [0.15, 0.2) is 30.5 Å². The standard InChI is InChI=1S/C27H37N7O8/c35-19-3-1-18(2-4-19)34-14-17(31-32-34)11-20-27(40)29-13-22-26(39)25(38)21(42-22)12-24(37)33(15-23(36)30-20)8-7-28-16-5-9-41-10-6-16/h1-4,14,16,20-22,25-26,28,35,38-39H,5-13,15H2,(H,29,40)(H,30,36)/t20-,21+,22-,25+,26-/m1/s1. The molecule has 2 aromatic rings. The first-order valence-electron chi connectivity index (χ1n) is 14.1. The Morgan fingerprint density at radius 1 is 1.05 bits per heavy atom. The zero-order chi connectivity index (χ0) is 29.6. The molecule has 5 atom stereocenters. The average molecular weight is 588 g/mol. The highest BCUT2D eigenvalue weighted by Gasteiger charge is 2.44. The summed E-state index contributed by atoms with van der Waals surface area (Å²) in [7, 11) is 0. The van der Waals surface area contributed by atoms with E-state index >= 15 is 0 Å². The number of aromatic hydroxyl groups is 1. The third kappa shape index (κ3) is 7.41. The summed E-state index contributed by atoms with van der Waals surface area (Å²) in [5.74, 6) is -1.40. The Hall–Kier alpha value is -3.63. The molecule has 3 fully saturated rings. The number of hydrogen-bond donors (Lipinski definition) is 6. The number of nitrogens with zero attached hydrogens (tertiary/aromatic N) is 4. The van der Waals surface area contributed by atoms with Gasteiger partial charge < -0.3 is 45.6 Å². The van der Waals surface area contributed by atoms with E-state index in [1.54, 1.807) is 18.3 Å². The van der Waals surface area contributed by atoms with Crippen molar-refractivity contribution in [2.24, 2.45) is 0 Å². The average Bonchev–Trinajstić information content (AvgIpc) is 3.55. The lowest BCUT2D eigenvalue weighted by atomic mass is 10.0. The molecule has 0 spiro atoms. The van der Waals surface area contributed by atoms with Gasteiger partial charge in [0.25, 0.3) is 0 Å². The monoisotopic (exact) mass is 587 g/mol. The molecule has 0 unspecified atom stereocenters. The molecule has 15 heteroatoms. The van der Waals surface area contributed by atoms with Gasteiger partial charge in [-0.05, 0) is 37.1 Å². The molecule has 4 heterocycles. The van der Waals surface area contributed by atoms with Crippen molar-refractivity contribution in [2.75, 3.05) is 39.4 Å². The number of ether oxygens (including phenoxy) is 2. The van der Waals surface area contributed by atoms with Crippen molar-refractivity contribution in [2.45, 2.75) is 62.2 Å². The van der Waals surface area contributed by atoms with Gasteiger partial charge in [-0.1, -0.05) is 5.21 Å². The van der Waals surface area contributed by atoms with Gasteiger partial charge in [-0.25, -0.2) is 4.68 Å². The first-order valence-corrected chi connectivity index (χ1v) is 14.1. The molecule has 0 aliphatic carbocycles. The first kappa shape index (κ1) is 29.8. The summed E-state index contributed by atoms with van der Waals surface area (Å²) >= 11 is 0. The second-order valence-corrected chi connectivity index (χ2v) is 10.8. The molecule has 3 aliphatic rings. The Kier molecular flexibility index (Phi) is 9.64. The quantitative estimate of drug-likeness (QED) is 0.202. The molecule has 3 amide bonds. The maximum atomic E-state index is 13.3. The summed E-state index contributed by atoms with van der Waals surface area (Å²) in [6, 6.07) is 5.49. The van der Waals surface area contributed by atoms with Crippen molar-refractivity contribution >= 4 is 17.7 Å². The number of aliphatic hydroxyl groups excluding tert-OH is 2. The predicted molar refractivity (Wildman–Crippen MR) is 145 cm³/mol. The third-order valence-corrected chi connectivity index (χ3v) is 7.76. The van der Waals surface area contributed by atoms with Gasteiger partial charge in [0.2, 0.25) is 17.7 Å². The van der Waals surface area contributed by atoms with Crippen LogP contribution in [0.25, 0.3) is 5.69 Å². The fraction of sp³-hybridized carbons (Fsp3) is 0.593. The molecule has 42 heavy (non-hydrogen) atoms. The van der Waals surface area contributed by atoms with Crippen LogP contribution in [-0.4, -0.2) is 129 Å². The summed E-state index contributed by atoms with van der Waals surface area (Å²) in [4.78, 5) is 41.1. The number of rotatable bonds is 7. The van der Waals surface area contributed by atoms with Crippen molar-refractivity contribution in [3.05, 3.63) is 36.2 Å². The SMILES string of the molecule is O=C1CN(CCNC2CCOCC2)C(=O)C[C@@H]2O[C@H](CNC(=O)[C@@H](Cc3cn(-c4ccc(O)cc4)nn3)N1)[C@@H](O)[C@H]2O. The van der Waals surface area contributed by atoms with Gasteiger partial charge in [-0.15, -0.1) is 5.10 Å². The van der Waals surface area contributed by atoms with E-state index in [9.17, 15) is 29.7 Å². The highest BCUT2D eigenvalue weighted by atomic mass is 16.5. The van der Waals surface area contributed by atoms with Gasteiger partial charge in [0.15, 0.2) is 0 Å². The van der Waals surface area contributed by atoms with Gasteiger partial charge in [0.05, 0.1) is 36.6 Å². The summed E-state index contributed by atoms with van der Waals surface area (Å²) in [5, 5.41) is 47.6. The molecule has 0 saturated carbocycles. The maximum absolute atomic E-state index is 13.3. The minimum Gasteiger partial charge on any atom is -0.508 e. The van der Waals surface area contributed by atoms with E-state index < -0.39 is 48.2 Å². The zero-order valence-electron chi connectivity index (χ0n) is 23.1. The van der Waals surface area contributed by atoms with Crippen LogP contribution < -0.4 is 16.0 Å². The minimum atomic E-state index is -1.32. The molecule has 3 saturated heterocycles.